The minimum Gasteiger partial charge on any atom is -0.497 e. The van der Waals surface area contributed by atoms with Crippen LogP contribution in [0, 0.1) is 0 Å². The van der Waals surface area contributed by atoms with Crippen molar-refractivity contribution in [1.29, 1.82) is 0 Å². The average Bonchev–Trinajstić information content (AvgIpc) is 3.19. The number of hydrogen-bond donors (Lipinski definition) is 0. The molecule has 2 heterocycles. The lowest BCUT2D eigenvalue weighted by Gasteiger charge is -2.25. The molecular weight excluding hydrogens is 492 g/mol. The van der Waals surface area contributed by atoms with E-state index in [-0.39, 0.29) is 12.2 Å². The molecule has 1 aliphatic rings. The van der Waals surface area contributed by atoms with Crippen LogP contribution in [0.5, 0.6) is 17.2 Å². The molecule has 0 unspecified atom stereocenters. The lowest BCUT2D eigenvalue weighted by Crippen LogP contribution is -2.40. The van der Waals surface area contributed by atoms with E-state index in [0.717, 1.165) is 11.3 Å². The summed E-state index contributed by atoms with van der Waals surface area (Å²) in [5, 5.41) is 0. The maximum atomic E-state index is 13.8. The summed E-state index contributed by atoms with van der Waals surface area (Å²) in [5.74, 6) is 1.36. The van der Waals surface area contributed by atoms with Crippen molar-refractivity contribution in [2.24, 2.45) is 4.99 Å². The van der Waals surface area contributed by atoms with Gasteiger partial charge in [-0.05, 0) is 69.2 Å². The maximum Gasteiger partial charge on any atom is 0.338 e. The molecule has 9 heteroatoms. The summed E-state index contributed by atoms with van der Waals surface area (Å²) in [6, 6.07) is 12.2. The quantitative estimate of drug-likeness (QED) is 0.399. The van der Waals surface area contributed by atoms with E-state index >= 15 is 0 Å². The third kappa shape index (κ3) is 5.32. The summed E-state index contributed by atoms with van der Waals surface area (Å²) in [7, 11) is 1.61. The highest BCUT2D eigenvalue weighted by Gasteiger charge is 2.34. The van der Waals surface area contributed by atoms with Crippen molar-refractivity contribution in [3.8, 4) is 17.2 Å². The number of nitrogens with zero attached hydrogens (tertiary/aromatic N) is 2. The zero-order valence-corrected chi connectivity index (χ0v) is 22.4. The normalized spacial score (nSPS) is 15.2. The third-order valence-electron chi connectivity index (χ3n) is 5.81. The minimum atomic E-state index is -0.733. The monoisotopic (exact) mass is 522 g/mol. The molecule has 8 nitrogen and oxygen atoms in total. The smallest absolute Gasteiger partial charge is 0.338 e. The van der Waals surface area contributed by atoms with Crippen LogP contribution >= 0.6 is 11.3 Å². The van der Waals surface area contributed by atoms with E-state index in [2.05, 4.69) is 4.99 Å². The third-order valence-corrected chi connectivity index (χ3v) is 6.80. The van der Waals surface area contributed by atoms with Gasteiger partial charge in [0.05, 0.1) is 48.8 Å². The molecule has 3 aromatic rings. The topological polar surface area (TPSA) is 88.4 Å². The molecule has 4 rings (SSSR count). The van der Waals surface area contributed by atoms with Crippen molar-refractivity contribution < 1.29 is 23.7 Å². The van der Waals surface area contributed by atoms with Crippen molar-refractivity contribution >= 4 is 23.4 Å². The van der Waals surface area contributed by atoms with Gasteiger partial charge in [0.1, 0.15) is 5.75 Å². The van der Waals surface area contributed by atoms with Crippen LogP contribution in [0.4, 0.5) is 0 Å². The molecule has 1 aliphatic heterocycles. The average molecular weight is 523 g/mol. The van der Waals surface area contributed by atoms with E-state index in [1.54, 1.807) is 31.6 Å². The van der Waals surface area contributed by atoms with Gasteiger partial charge in [-0.1, -0.05) is 29.5 Å². The minimum absolute atomic E-state index is 0.206. The molecule has 0 radical (unpaired) electrons. The highest BCUT2D eigenvalue weighted by Crippen LogP contribution is 2.36. The van der Waals surface area contributed by atoms with E-state index in [1.807, 2.05) is 56.3 Å². The zero-order valence-electron chi connectivity index (χ0n) is 21.6. The zero-order chi connectivity index (χ0) is 26.5. The number of methoxy groups -OCH3 is 1. The molecular formula is C28H30N2O6S. The maximum absolute atomic E-state index is 13.8. The fraction of sp³-hybridized carbons (Fsp3) is 0.321. The van der Waals surface area contributed by atoms with Crippen molar-refractivity contribution in [3.63, 3.8) is 0 Å². The van der Waals surface area contributed by atoms with Crippen molar-refractivity contribution in [1.82, 2.24) is 4.57 Å². The lowest BCUT2D eigenvalue weighted by atomic mass is 9.95. The van der Waals surface area contributed by atoms with Crippen LogP contribution in [0.1, 0.15) is 44.9 Å². The fourth-order valence-electron chi connectivity index (χ4n) is 4.20. The van der Waals surface area contributed by atoms with Crippen LogP contribution in [0.2, 0.25) is 0 Å². The first-order chi connectivity index (χ1) is 17.9. The first-order valence-corrected chi connectivity index (χ1v) is 13.0. The van der Waals surface area contributed by atoms with Crippen molar-refractivity contribution in [3.05, 3.63) is 84.5 Å². The Labute approximate surface area is 219 Å². The van der Waals surface area contributed by atoms with Crippen LogP contribution in [0.3, 0.4) is 0 Å². The number of carbonyl (C=O) groups is 1. The summed E-state index contributed by atoms with van der Waals surface area (Å²) in [4.78, 5) is 32.0. The van der Waals surface area contributed by atoms with E-state index in [9.17, 15) is 9.59 Å². The summed E-state index contributed by atoms with van der Waals surface area (Å²) < 4.78 is 24.2. The predicted molar refractivity (Wildman–Crippen MR) is 142 cm³/mol. The first kappa shape index (κ1) is 26.2. The van der Waals surface area contributed by atoms with Crippen LogP contribution in [0.25, 0.3) is 6.08 Å². The Morgan fingerprint density at radius 1 is 1.03 bits per heavy atom. The van der Waals surface area contributed by atoms with Gasteiger partial charge in [0.15, 0.2) is 16.3 Å². The Morgan fingerprint density at radius 3 is 2.38 bits per heavy atom. The highest BCUT2D eigenvalue weighted by atomic mass is 32.1. The molecule has 2 aromatic carbocycles. The number of aromatic nitrogens is 1. The number of esters is 1. The lowest BCUT2D eigenvalue weighted by molar-refractivity contribution is -0.139. The fourth-order valence-corrected chi connectivity index (χ4v) is 5.24. The second kappa shape index (κ2) is 11.5. The SMILES string of the molecule is CCOC(=O)C1=C(C)N=c2s/c(=C\c3ccc(OC)cc3)c(=O)n2[C@H]1c1ccc(OCC)c(OCC)c1. The van der Waals surface area contributed by atoms with Gasteiger partial charge in [0.2, 0.25) is 0 Å². The van der Waals surface area contributed by atoms with Crippen LogP contribution in [0.15, 0.2) is 63.5 Å². The molecule has 0 aliphatic carbocycles. The molecule has 0 fully saturated rings. The summed E-state index contributed by atoms with van der Waals surface area (Å²) in [6.45, 7) is 8.42. The Morgan fingerprint density at radius 2 is 1.73 bits per heavy atom. The Hall–Kier alpha value is -3.85. The van der Waals surface area contributed by atoms with Gasteiger partial charge in [-0.15, -0.1) is 0 Å². The molecule has 194 valence electrons. The molecule has 1 atom stereocenters. The number of benzene rings is 2. The second-order valence-corrected chi connectivity index (χ2v) is 9.16. The number of hydrogen-bond acceptors (Lipinski definition) is 8. The number of fused-ring (bicyclic) bond motifs is 1. The Bertz CT molecular complexity index is 1500. The van der Waals surface area contributed by atoms with Gasteiger partial charge >= 0.3 is 5.97 Å². The molecule has 37 heavy (non-hydrogen) atoms. The first-order valence-electron chi connectivity index (χ1n) is 12.1. The molecule has 0 spiro atoms. The molecule has 0 amide bonds. The van der Waals surface area contributed by atoms with Crippen molar-refractivity contribution in [2.45, 2.75) is 33.7 Å². The summed E-state index contributed by atoms with van der Waals surface area (Å²) >= 11 is 1.28. The molecule has 0 saturated carbocycles. The van der Waals surface area contributed by atoms with E-state index in [0.29, 0.717) is 50.9 Å². The second-order valence-electron chi connectivity index (χ2n) is 8.15. The number of thiazole rings is 1. The van der Waals surface area contributed by atoms with Gasteiger partial charge in [-0.25, -0.2) is 9.79 Å². The van der Waals surface area contributed by atoms with E-state index < -0.39 is 12.0 Å². The van der Waals surface area contributed by atoms with Crippen molar-refractivity contribution in [2.75, 3.05) is 26.9 Å². The van der Waals surface area contributed by atoms with Gasteiger partial charge in [0, 0.05) is 0 Å². The van der Waals surface area contributed by atoms with Gasteiger partial charge in [-0.3, -0.25) is 9.36 Å². The predicted octanol–water partition coefficient (Wildman–Crippen LogP) is 3.60. The molecule has 0 N–H and O–H groups in total. The number of rotatable bonds is 9. The van der Waals surface area contributed by atoms with Crippen LogP contribution in [-0.4, -0.2) is 37.5 Å². The molecule has 1 aromatic heterocycles. The Balaban J connectivity index is 1.92. The number of ether oxygens (including phenoxy) is 4. The Kier molecular flexibility index (Phi) is 8.13. The summed E-state index contributed by atoms with van der Waals surface area (Å²) in [5.41, 5.74) is 2.13. The van der Waals surface area contributed by atoms with Crippen LogP contribution in [-0.2, 0) is 9.53 Å². The molecule has 0 saturated heterocycles. The standard InChI is InChI=1S/C28H30N2O6S/c1-6-34-21-14-11-19(16-22(21)35-7-2)25-24(27(32)36-8-3)17(4)29-28-30(25)26(31)23(37-28)15-18-9-12-20(33-5)13-10-18/h9-16,25H,6-8H2,1-5H3/b23-15-/t25-/m0/s1. The number of allylic oxidation sites excluding steroid dienone is 1. The van der Waals surface area contributed by atoms with Gasteiger partial charge < -0.3 is 18.9 Å². The van der Waals surface area contributed by atoms with Gasteiger partial charge in [0.25, 0.3) is 5.56 Å². The summed E-state index contributed by atoms with van der Waals surface area (Å²) in [6.07, 6.45) is 1.81. The van der Waals surface area contributed by atoms with E-state index in [4.69, 9.17) is 18.9 Å². The molecule has 0 bridgehead atoms. The highest BCUT2D eigenvalue weighted by molar-refractivity contribution is 7.07. The largest absolute Gasteiger partial charge is 0.497 e. The number of carbonyl (C=O) groups excluding carboxylic acids is 1. The van der Waals surface area contributed by atoms with Gasteiger partial charge in [-0.2, -0.15) is 0 Å². The van der Waals surface area contributed by atoms with E-state index in [1.165, 1.54) is 11.3 Å². The van der Waals surface area contributed by atoms with Crippen LogP contribution < -0.4 is 29.1 Å².